The van der Waals surface area contributed by atoms with Crippen LogP contribution in [0.25, 0.3) is 0 Å². The zero-order valence-corrected chi connectivity index (χ0v) is 13.2. The molecule has 2 atom stereocenters. The van der Waals surface area contributed by atoms with Crippen molar-refractivity contribution in [1.29, 1.82) is 0 Å². The van der Waals surface area contributed by atoms with Gasteiger partial charge in [-0.25, -0.2) is 8.42 Å². The van der Waals surface area contributed by atoms with Crippen LogP contribution in [0.4, 0.5) is 0 Å². The van der Waals surface area contributed by atoms with E-state index in [1.807, 2.05) is 0 Å². The maximum atomic E-state index is 12.4. The third-order valence-corrected chi connectivity index (χ3v) is 4.82. The lowest BCUT2D eigenvalue weighted by molar-refractivity contribution is -0.00461. The average molecular weight is 334 g/mol. The molecular formula is C13H16ClNO5S. The lowest BCUT2D eigenvalue weighted by Crippen LogP contribution is -2.30. The van der Waals surface area contributed by atoms with E-state index in [1.54, 1.807) is 25.2 Å². The molecule has 1 saturated heterocycles. The molecule has 1 aliphatic heterocycles. The zero-order chi connectivity index (χ0) is 15.6. The van der Waals surface area contributed by atoms with Crippen molar-refractivity contribution in [2.24, 2.45) is 0 Å². The van der Waals surface area contributed by atoms with E-state index in [-0.39, 0.29) is 28.6 Å². The van der Waals surface area contributed by atoms with Crippen LogP contribution >= 0.6 is 10.7 Å². The summed E-state index contributed by atoms with van der Waals surface area (Å²) in [6.07, 6.45) is -0.391. The van der Waals surface area contributed by atoms with Crippen molar-refractivity contribution in [1.82, 2.24) is 4.90 Å². The van der Waals surface area contributed by atoms with Crippen molar-refractivity contribution in [2.75, 3.05) is 27.3 Å². The average Bonchev–Trinajstić information content (AvgIpc) is 2.89. The van der Waals surface area contributed by atoms with Crippen LogP contribution in [0.1, 0.15) is 10.4 Å². The lowest BCUT2D eigenvalue weighted by Gasteiger charge is -2.16. The highest BCUT2D eigenvalue weighted by Gasteiger charge is 2.35. The van der Waals surface area contributed by atoms with Crippen molar-refractivity contribution < 1.29 is 22.7 Å². The molecule has 8 heteroatoms. The van der Waals surface area contributed by atoms with Gasteiger partial charge < -0.3 is 14.4 Å². The van der Waals surface area contributed by atoms with Crippen molar-refractivity contribution in [2.45, 2.75) is 17.1 Å². The molecule has 1 amide bonds. The first-order chi connectivity index (χ1) is 9.86. The van der Waals surface area contributed by atoms with Gasteiger partial charge in [0.25, 0.3) is 15.0 Å². The zero-order valence-electron chi connectivity index (χ0n) is 11.7. The number of carbonyl (C=O) groups is 1. The molecule has 1 aliphatic rings. The molecule has 6 nitrogen and oxygen atoms in total. The molecule has 0 saturated carbocycles. The number of ether oxygens (including phenoxy) is 2. The maximum Gasteiger partial charge on any atom is 0.261 e. The Morgan fingerprint density at radius 3 is 2.29 bits per heavy atom. The fourth-order valence-electron chi connectivity index (χ4n) is 2.33. The van der Waals surface area contributed by atoms with Crippen LogP contribution in [-0.4, -0.2) is 58.7 Å². The number of halogens is 1. The van der Waals surface area contributed by atoms with Gasteiger partial charge in [-0.2, -0.15) is 0 Å². The van der Waals surface area contributed by atoms with Crippen LogP contribution in [0.3, 0.4) is 0 Å². The van der Waals surface area contributed by atoms with Gasteiger partial charge >= 0.3 is 0 Å². The minimum atomic E-state index is -3.86. The standard InChI is InChI=1S/C13H16ClNO5S/c1-19-11-7-15(8-12(11)20-2)13(16)9-4-3-5-10(6-9)21(14,17)18/h3-6,11-12H,7-8H2,1-2H3. The fourth-order valence-corrected chi connectivity index (χ4v) is 3.12. The van der Waals surface area contributed by atoms with Crippen LogP contribution in [0.15, 0.2) is 29.2 Å². The number of rotatable bonds is 4. The first-order valence-electron chi connectivity index (χ1n) is 6.26. The summed E-state index contributed by atoms with van der Waals surface area (Å²) in [6.45, 7) is 0.789. The van der Waals surface area contributed by atoms with Gasteiger partial charge in [-0.3, -0.25) is 4.79 Å². The molecule has 1 heterocycles. The minimum Gasteiger partial charge on any atom is -0.377 e. The highest BCUT2D eigenvalue weighted by molar-refractivity contribution is 8.13. The summed E-state index contributed by atoms with van der Waals surface area (Å²) in [6, 6.07) is 5.65. The summed E-state index contributed by atoms with van der Waals surface area (Å²) in [5.41, 5.74) is 0.267. The highest BCUT2D eigenvalue weighted by Crippen LogP contribution is 2.21. The summed E-state index contributed by atoms with van der Waals surface area (Å²) >= 11 is 0. The van der Waals surface area contributed by atoms with E-state index < -0.39 is 9.05 Å². The Hall–Kier alpha value is -1.15. The second kappa shape index (κ2) is 6.31. The summed E-state index contributed by atoms with van der Waals surface area (Å²) in [5.74, 6) is -0.279. The van der Waals surface area contributed by atoms with Crippen molar-refractivity contribution in [3.05, 3.63) is 29.8 Å². The van der Waals surface area contributed by atoms with Crippen LogP contribution in [-0.2, 0) is 18.5 Å². The van der Waals surface area contributed by atoms with Gasteiger partial charge in [0.05, 0.1) is 4.90 Å². The number of hydrogen-bond donors (Lipinski definition) is 0. The van der Waals surface area contributed by atoms with Crippen molar-refractivity contribution >= 4 is 25.6 Å². The number of likely N-dealkylation sites (tertiary alicyclic amines) is 1. The Labute approximate surface area is 128 Å². The molecule has 0 bridgehead atoms. The quantitative estimate of drug-likeness (QED) is 0.771. The van der Waals surface area contributed by atoms with Crippen LogP contribution < -0.4 is 0 Å². The summed E-state index contributed by atoms with van der Waals surface area (Å²) in [5, 5.41) is 0. The van der Waals surface area contributed by atoms with Gasteiger partial charge in [-0.15, -0.1) is 0 Å². The van der Waals surface area contributed by atoms with E-state index in [0.29, 0.717) is 13.1 Å². The van der Waals surface area contributed by atoms with E-state index in [9.17, 15) is 13.2 Å². The van der Waals surface area contributed by atoms with Gasteiger partial charge in [0, 0.05) is 43.6 Å². The molecule has 0 radical (unpaired) electrons. The topological polar surface area (TPSA) is 72.9 Å². The number of hydrogen-bond acceptors (Lipinski definition) is 5. The van der Waals surface area contributed by atoms with Gasteiger partial charge in [0.2, 0.25) is 0 Å². The normalized spacial score (nSPS) is 22.5. The molecule has 1 aromatic rings. The van der Waals surface area contributed by atoms with Crippen molar-refractivity contribution in [3.63, 3.8) is 0 Å². The largest absolute Gasteiger partial charge is 0.377 e. The van der Waals surface area contributed by atoms with Crippen LogP contribution in [0.5, 0.6) is 0 Å². The molecule has 2 unspecified atom stereocenters. The second-order valence-electron chi connectivity index (χ2n) is 4.72. The Bertz CT molecular complexity index is 621. The molecule has 0 spiro atoms. The molecule has 1 aromatic carbocycles. The first-order valence-corrected chi connectivity index (χ1v) is 8.57. The number of benzene rings is 1. The Balaban J connectivity index is 2.22. The molecular weight excluding hydrogens is 318 g/mol. The lowest BCUT2D eigenvalue weighted by atomic mass is 10.2. The van der Waals surface area contributed by atoms with E-state index in [1.165, 1.54) is 18.2 Å². The van der Waals surface area contributed by atoms with E-state index in [4.69, 9.17) is 20.2 Å². The second-order valence-corrected chi connectivity index (χ2v) is 7.29. The van der Waals surface area contributed by atoms with Crippen LogP contribution in [0.2, 0.25) is 0 Å². The van der Waals surface area contributed by atoms with Gasteiger partial charge in [-0.1, -0.05) is 6.07 Å². The first kappa shape index (κ1) is 16.2. The third-order valence-electron chi connectivity index (χ3n) is 3.47. The van der Waals surface area contributed by atoms with Gasteiger partial charge in [0.1, 0.15) is 12.2 Å². The predicted molar refractivity (Wildman–Crippen MR) is 77.0 cm³/mol. The van der Waals surface area contributed by atoms with E-state index in [0.717, 1.165) is 0 Å². The SMILES string of the molecule is COC1CN(C(=O)c2cccc(S(=O)(=O)Cl)c2)CC1OC. The minimum absolute atomic E-state index is 0.0965. The molecule has 1 fully saturated rings. The van der Waals surface area contributed by atoms with Gasteiger partial charge in [-0.05, 0) is 18.2 Å². The highest BCUT2D eigenvalue weighted by atomic mass is 35.7. The smallest absolute Gasteiger partial charge is 0.261 e. The molecule has 0 aromatic heterocycles. The summed E-state index contributed by atoms with van der Waals surface area (Å²) in [7, 11) is 4.55. The van der Waals surface area contributed by atoms with E-state index >= 15 is 0 Å². The Kier molecular flexibility index (Phi) is 4.88. The fraction of sp³-hybridized carbons (Fsp3) is 0.462. The molecule has 116 valence electrons. The number of amides is 1. The number of methoxy groups -OCH3 is 2. The number of nitrogens with zero attached hydrogens (tertiary/aromatic N) is 1. The Morgan fingerprint density at radius 1 is 1.24 bits per heavy atom. The van der Waals surface area contributed by atoms with Gasteiger partial charge in [0.15, 0.2) is 0 Å². The monoisotopic (exact) mass is 333 g/mol. The van der Waals surface area contributed by atoms with Crippen LogP contribution in [0, 0.1) is 0 Å². The van der Waals surface area contributed by atoms with Crippen molar-refractivity contribution in [3.8, 4) is 0 Å². The van der Waals surface area contributed by atoms with E-state index in [2.05, 4.69) is 0 Å². The number of carbonyl (C=O) groups excluding carboxylic acids is 1. The third kappa shape index (κ3) is 3.55. The molecule has 0 aliphatic carbocycles. The summed E-state index contributed by atoms with van der Waals surface area (Å²) in [4.78, 5) is 13.9. The molecule has 2 rings (SSSR count). The predicted octanol–water partition coefficient (Wildman–Crippen LogP) is 1.10. The molecule has 21 heavy (non-hydrogen) atoms. The Morgan fingerprint density at radius 2 is 1.81 bits per heavy atom. The maximum absolute atomic E-state index is 12.4. The summed E-state index contributed by atoms with van der Waals surface area (Å²) < 4.78 is 33.2. The molecule has 0 N–H and O–H groups in total.